The van der Waals surface area contributed by atoms with Gasteiger partial charge in [0.15, 0.2) is 0 Å². The number of carbonyl (C=O) groups excluding carboxylic acids is 1. The number of rotatable bonds is 8. The standard InChI is InChI=1S/C30H31ClN2O/c1-4-30(3,19-18-22-12-14-24(31)15-13-22)29(34)33-27-17-16-25(26-11-8-20-32-28(26)27)21(2)23-9-6-5-7-10-23/h5-17,20-21H,4,18-19H2,1-3H3,(H,33,34). The van der Waals surface area contributed by atoms with Gasteiger partial charge in [-0.15, -0.1) is 0 Å². The molecule has 1 N–H and O–H groups in total. The van der Waals surface area contributed by atoms with E-state index in [0.29, 0.717) is 0 Å². The van der Waals surface area contributed by atoms with E-state index in [2.05, 4.69) is 60.5 Å². The Kier molecular flexibility index (Phi) is 7.33. The van der Waals surface area contributed by atoms with Crippen LogP contribution in [0.1, 0.15) is 56.2 Å². The summed E-state index contributed by atoms with van der Waals surface area (Å²) in [5.41, 5.74) is 4.74. The summed E-state index contributed by atoms with van der Waals surface area (Å²) >= 11 is 6.01. The van der Waals surface area contributed by atoms with Crippen molar-refractivity contribution in [1.29, 1.82) is 0 Å². The minimum atomic E-state index is -0.489. The van der Waals surface area contributed by atoms with Crippen molar-refractivity contribution in [2.75, 3.05) is 5.32 Å². The number of amides is 1. The maximum atomic E-state index is 13.5. The normalized spacial score (nSPS) is 13.9. The SMILES string of the molecule is CCC(C)(CCc1ccc(Cl)cc1)C(=O)Nc1ccc(C(C)c2ccccc2)c2cccnc12. The number of anilines is 1. The van der Waals surface area contributed by atoms with E-state index in [1.54, 1.807) is 6.20 Å². The zero-order chi connectivity index (χ0) is 24.1. The number of benzene rings is 3. The van der Waals surface area contributed by atoms with Crippen LogP contribution in [0.15, 0.2) is 85.1 Å². The molecule has 4 heteroatoms. The first kappa shape index (κ1) is 24.0. The fraction of sp³-hybridized carbons (Fsp3) is 0.267. The van der Waals surface area contributed by atoms with Gasteiger partial charge in [0.05, 0.1) is 11.2 Å². The molecule has 34 heavy (non-hydrogen) atoms. The van der Waals surface area contributed by atoms with Gasteiger partial charge in [0.1, 0.15) is 0 Å². The van der Waals surface area contributed by atoms with Crippen LogP contribution >= 0.6 is 11.6 Å². The number of aromatic nitrogens is 1. The number of carbonyl (C=O) groups is 1. The van der Waals surface area contributed by atoms with Crippen molar-refractivity contribution in [3.05, 3.63) is 107 Å². The number of hydrogen-bond donors (Lipinski definition) is 1. The van der Waals surface area contributed by atoms with E-state index in [-0.39, 0.29) is 11.8 Å². The highest BCUT2D eigenvalue weighted by atomic mass is 35.5. The summed E-state index contributed by atoms with van der Waals surface area (Å²) in [7, 11) is 0. The van der Waals surface area contributed by atoms with Crippen molar-refractivity contribution in [2.24, 2.45) is 5.41 Å². The predicted molar refractivity (Wildman–Crippen MR) is 143 cm³/mol. The highest BCUT2D eigenvalue weighted by molar-refractivity contribution is 6.30. The van der Waals surface area contributed by atoms with Gasteiger partial charge in [0.25, 0.3) is 0 Å². The topological polar surface area (TPSA) is 42.0 Å². The molecule has 4 aromatic rings. The van der Waals surface area contributed by atoms with Gasteiger partial charge in [-0.2, -0.15) is 0 Å². The summed E-state index contributed by atoms with van der Waals surface area (Å²) in [6, 6.07) is 26.5. The van der Waals surface area contributed by atoms with Crippen LogP contribution in [0.25, 0.3) is 10.9 Å². The van der Waals surface area contributed by atoms with Gasteiger partial charge in [-0.1, -0.05) is 87.0 Å². The predicted octanol–water partition coefficient (Wildman–Crippen LogP) is 8.03. The molecule has 174 valence electrons. The van der Waals surface area contributed by atoms with Crippen LogP contribution in [0.4, 0.5) is 5.69 Å². The van der Waals surface area contributed by atoms with Crippen LogP contribution < -0.4 is 5.32 Å². The number of nitrogens with zero attached hydrogens (tertiary/aromatic N) is 1. The fourth-order valence-electron chi connectivity index (χ4n) is 4.39. The Morgan fingerprint density at radius 2 is 1.74 bits per heavy atom. The number of hydrogen-bond acceptors (Lipinski definition) is 2. The Bertz CT molecular complexity index is 1270. The zero-order valence-corrected chi connectivity index (χ0v) is 20.8. The summed E-state index contributed by atoms with van der Waals surface area (Å²) in [6.45, 7) is 6.32. The van der Waals surface area contributed by atoms with E-state index in [0.717, 1.165) is 40.9 Å². The minimum absolute atomic E-state index is 0.0276. The first-order valence-electron chi connectivity index (χ1n) is 11.9. The number of nitrogens with one attached hydrogen (secondary N) is 1. The maximum absolute atomic E-state index is 13.5. The molecule has 3 nitrogen and oxygen atoms in total. The molecule has 2 unspecified atom stereocenters. The number of aryl methyl sites for hydroxylation is 1. The van der Waals surface area contributed by atoms with Crippen LogP contribution in [0.2, 0.25) is 5.02 Å². The third-order valence-corrected chi connectivity index (χ3v) is 7.28. The molecule has 0 aliphatic carbocycles. The van der Waals surface area contributed by atoms with Crippen LogP contribution in [0.3, 0.4) is 0 Å². The Balaban J connectivity index is 1.58. The van der Waals surface area contributed by atoms with E-state index < -0.39 is 5.41 Å². The first-order valence-corrected chi connectivity index (χ1v) is 12.3. The second-order valence-electron chi connectivity index (χ2n) is 9.23. The zero-order valence-electron chi connectivity index (χ0n) is 20.0. The van der Waals surface area contributed by atoms with Gasteiger partial charge < -0.3 is 5.32 Å². The monoisotopic (exact) mass is 470 g/mol. The van der Waals surface area contributed by atoms with E-state index in [1.165, 1.54) is 16.7 Å². The molecule has 2 atom stereocenters. The number of halogens is 1. The highest BCUT2D eigenvalue weighted by Gasteiger charge is 2.31. The third-order valence-electron chi connectivity index (χ3n) is 7.02. The lowest BCUT2D eigenvalue weighted by molar-refractivity contribution is -0.125. The third kappa shape index (κ3) is 5.15. The molecule has 1 aromatic heterocycles. The molecule has 0 fully saturated rings. The summed E-state index contributed by atoms with van der Waals surface area (Å²) < 4.78 is 0. The molecule has 0 radical (unpaired) electrons. The molecule has 0 aliphatic rings. The molecular weight excluding hydrogens is 440 g/mol. The summed E-state index contributed by atoms with van der Waals surface area (Å²) in [4.78, 5) is 18.1. The van der Waals surface area contributed by atoms with Crippen molar-refractivity contribution in [3.63, 3.8) is 0 Å². The first-order chi connectivity index (χ1) is 16.4. The molecule has 3 aromatic carbocycles. The smallest absolute Gasteiger partial charge is 0.230 e. The van der Waals surface area contributed by atoms with Crippen molar-refractivity contribution < 1.29 is 4.79 Å². The van der Waals surface area contributed by atoms with Crippen LogP contribution in [0, 0.1) is 5.41 Å². The van der Waals surface area contributed by atoms with Crippen LogP contribution in [0.5, 0.6) is 0 Å². The molecule has 0 saturated carbocycles. The summed E-state index contributed by atoms with van der Waals surface area (Å²) in [5, 5.41) is 5.00. The Morgan fingerprint density at radius 3 is 2.44 bits per heavy atom. The largest absolute Gasteiger partial charge is 0.324 e. The Labute approximate surface area is 207 Å². The van der Waals surface area contributed by atoms with Gasteiger partial charge >= 0.3 is 0 Å². The van der Waals surface area contributed by atoms with Gasteiger partial charge in [-0.25, -0.2) is 0 Å². The molecule has 0 bridgehead atoms. The highest BCUT2D eigenvalue weighted by Crippen LogP contribution is 2.35. The van der Waals surface area contributed by atoms with E-state index in [4.69, 9.17) is 11.6 Å². The molecule has 1 heterocycles. The molecule has 0 spiro atoms. The van der Waals surface area contributed by atoms with E-state index in [9.17, 15) is 4.79 Å². The van der Waals surface area contributed by atoms with Crippen molar-refractivity contribution in [1.82, 2.24) is 4.98 Å². The minimum Gasteiger partial charge on any atom is -0.324 e. The fourth-order valence-corrected chi connectivity index (χ4v) is 4.52. The maximum Gasteiger partial charge on any atom is 0.230 e. The molecule has 1 amide bonds. The van der Waals surface area contributed by atoms with Gasteiger partial charge in [-0.3, -0.25) is 9.78 Å². The average molecular weight is 471 g/mol. The van der Waals surface area contributed by atoms with E-state index in [1.807, 2.05) is 49.4 Å². The Hall–Kier alpha value is -3.17. The Morgan fingerprint density at radius 1 is 1.00 bits per heavy atom. The summed E-state index contributed by atoms with van der Waals surface area (Å²) in [6.07, 6.45) is 4.11. The second-order valence-corrected chi connectivity index (χ2v) is 9.67. The molecular formula is C30H31ClN2O. The van der Waals surface area contributed by atoms with Gasteiger partial charge in [-0.05, 0) is 60.2 Å². The number of pyridine rings is 1. The van der Waals surface area contributed by atoms with Crippen molar-refractivity contribution in [3.8, 4) is 0 Å². The summed E-state index contributed by atoms with van der Waals surface area (Å²) in [5.74, 6) is 0.248. The lowest BCUT2D eigenvalue weighted by atomic mass is 9.80. The molecule has 0 saturated heterocycles. The van der Waals surface area contributed by atoms with Crippen LogP contribution in [-0.2, 0) is 11.2 Å². The lowest BCUT2D eigenvalue weighted by Gasteiger charge is -2.27. The van der Waals surface area contributed by atoms with E-state index >= 15 is 0 Å². The quantitative estimate of drug-likeness (QED) is 0.283. The van der Waals surface area contributed by atoms with Gasteiger partial charge in [0.2, 0.25) is 5.91 Å². The molecule has 4 rings (SSSR count). The number of fused-ring (bicyclic) bond motifs is 1. The van der Waals surface area contributed by atoms with Gasteiger partial charge in [0, 0.05) is 27.9 Å². The average Bonchev–Trinajstić information content (AvgIpc) is 2.88. The molecule has 0 aliphatic heterocycles. The van der Waals surface area contributed by atoms with Crippen molar-refractivity contribution in [2.45, 2.75) is 46.0 Å². The second kappa shape index (κ2) is 10.4. The lowest BCUT2D eigenvalue weighted by Crippen LogP contribution is -2.33. The van der Waals surface area contributed by atoms with Crippen LogP contribution in [-0.4, -0.2) is 10.9 Å². The van der Waals surface area contributed by atoms with Crippen molar-refractivity contribution >= 4 is 34.1 Å².